The molecule has 0 aromatic carbocycles. The highest BCUT2D eigenvalue weighted by molar-refractivity contribution is 6.03. The van der Waals surface area contributed by atoms with Gasteiger partial charge in [-0.2, -0.15) is 0 Å². The minimum absolute atomic E-state index is 0.0873. The van der Waals surface area contributed by atoms with E-state index in [1.165, 1.54) is 28.1 Å². The number of aromatic carboxylic acids is 1. The summed E-state index contributed by atoms with van der Waals surface area (Å²) in [5.74, 6) is -1.64. The smallest absolute Gasteiger partial charge is 0.410 e. The molecule has 0 radical (unpaired) electrons. The second-order valence-electron chi connectivity index (χ2n) is 6.46. The normalized spacial score (nSPS) is 15.1. The quantitative estimate of drug-likeness (QED) is 0.878. The van der Waals surface area contributed by atoms with Gasteiger partial charge in [-0.3, -0.25) is 9.78 Å². The summed E-state index contributed by atoms with van der Waals surface area (Å²) in [6.07, 6.45) is 0.968. The number of carbonyl (C=O) groups is 3. The van der Waals surface area contributed by atoms with Crippen LogP contribution in [0, 0.1) is 0 Å². The molecule has 8 nitrogen and oxygen atoms in total. The Bertz CT molecular complexity index is 645. The first-order valence-electron chi connectivity index (χ1n) is 7.64. The molecule has 0 bridgehead atoms. The van der Waals surface area contributed by atoms with Crippen molar-refractivity contribution in [1.29, 1.82) is 0 Å². The second-order valence-corrected chi connectivity index (χ2v) is 6.46. The van der Waals surface area contributed by atoms with E-state index < -0.39 is 23.6 Å². The van der Waals surface area contributed by atoms with E-state index >= 15 is 0 Å². The van der Waals surface area contributed by atoms with Crippen LogP contribution in [-0.2, 0) is 4.74 Å². The van der Waals surface area contributed by atoms with Gasteiger partial charge in [-0.1, -0.05) is 0 Å². The minimum atomic E-state index is -1.20. The van der Waals surface area contributed by atoms with Crippen LogP contribution in [0.3, 0.4) is 0 Å². The summed E-state index contributed by atoms with van der Waals surface area (Å²) in [7, 11) is 0. The van der Waals surface area contributed by atoms with Crippen molar-refractivity contribution in [2.75, 3.05) is 26.2 Å². The number of amides is 2. The zero-order valence-electron chi connectivity index (χ0n) is 14.0. The predicted octanol–water partition coefficient (Wildman–Crippen LogP) is 1.47. The van der Waals surface area contributed by atoms with Gasteiger partial charge in [0.1, 0.15) is 11.3 Å². The third-order valence-electron chi connectivity index (χ3n) is 3.46. The van der Waals surface area contributed by atoms with Gasteiger partial charge in [0.25, 0.3) is 5.91 Å². The van der Waals surface area contributed by atoms with E-state index in [-0.39, 0.29) is 11.3 Å². The van der Waals surface area contributed by atoms with Crippen molar-refractivity contribution in [2.45, 2.75) is 26.4 Å². The third-order valence-corrected chi connectivity index (χ3v) is 3.46. The third kappa shape index (κ3) is 4.21. The van der Waals surface area contributed by atoms with Crippen LogP contribution < -0.4 is 0 Å². The molecule has 1 fully saturated rings. The highest BCUT2D eigenvalue weighted by atomic mass is 16.6. The molecule has 2 rings (SSSR count). The first-order chi connectivity index (χ1) is 11.2. The Morgan fingerprint density at radius 2 is 1.71 bits per heavy atom. The summed E-state index contributed by atoms with van der Waals surface area (Å²) in [5.41, 5.74) is -0.790. The zero-order valence-corrected chi connectivity index (χ0v) is 14.0. The van der Waals surface area contributed by atoms with Crippen LogP contribution in [0.15, 0.2) is 18.3 Å². The summed E-state index contributed by atoms with van der Waals surface area (Å²) in [6.45, 7) is 6.63. The number of carboxylic acids is 1. The van der Waals surface area contributed by atoms with E-state index in [4.69, 9.17) is 9.84 Å². The highest BCUT2D eigenvalue weighted by Crippen LogP contribution is 2.14. The fourth-order valence-electron chi connectivity index (χ4n) is 2.32. The number of hydrogen-bond donors (Lipinski definition) is 1. The molecule has 0 spiro atoms. The van der Waals surface area contributed by atoms with Crippen LogP contribution in [0.1, 0.15) is 41.6 Å². The van der Waals surface area contributed by atoms with Crippen molar-refractivity contribution in [3.8, 4) is 0 Å². The minimum Gasteiger partial charge on any atom is -0.478 e. The number of ether oxygens (including phenoxy) is 1. The molecule has 1 aliphatic heterocycles. The lowest BCUT2D eigenvalue weighted by atomic mass is 10.1. The number of nitrogens with zero attached hydrogens (tertiary/aromatic N) is 3. The van der Waals surface area contributed by atoms with E-state index in [1.807, 2.05) is 0 Å². The largest absolute Gasteiger partial charge is 0.478 e. The molecule has 1 N–H and O–H groups in total. The molecule has 2 amide bonds. The van der Waals surface area contributed by atoms with Crippen LogP contribution in [-0.4, -0.2) is 69.6 Å². The van der Waals surface area contributed by atoms with Gasteiger partial charge in [0.15, 0.2) is 0 Å². The highest BCUT2D eigenvalue weighted by Gasteiger charge is 2.30. The van der Waals surface area contributed by atoms with E-state index in [2.05, 4.69) is 4.98 Å². The summed E-state index contributed by atoms with van der Waals surface area (Å²) < 4.78 is 5.30. The Morgan fingerprint density at radius 1 is 1.12 bits per heavy atom. The summed E-state index contributed by atoms with van der Waals surface area (Å²) in [4.78, 5) is 42.6. The molecule has 0 saturated carbocycles. The fraction of sp³-hybridized carbons (Fsp3) is 0.500. The van der Waals surface area contributed by atoms with Crippen molar-refractivity contribution in [2.24, 2.45) is 0 Å². The standard InChI is InChI=1S/C16H21N3O5/c1-16(2,3)24-15(23)19-9-7-18(8-10-19)13(20)12-11(14(21)22)5-4-6-17-12/h4-6H,7-10H2,1-3H3,(H,21,22). The molecular weight excluding hydrogens is 314 g/mol. The molecule has 8 heteroatoms. The number of pyridine rings is 1. The molecule has 2 heterocycles. The lowest BCUT2D eigenvalue weighted by molar-refractivity contribution is 0.0140. The van der Waals surface area contributed by atoms with Gasteiger partial charge in [-0.15, -0.1) is 0 Å². The maximum atomic E-state index is 12.5. The number of piperazine rings is 1. The van der Waals surface area contributed by atoms with Crippen molar-refractivity contribution in [3.05, 3.63) is 29.6 Å². The van der Waals surface area contributed by atoms with Crippen LogP contribution >= 0.6 is 0 Å². The van der Waals surface area contributed by atoms with Gasteiger partial charge in [0.2, 0.25) is 0 Å². The van der Waals surface area contributed by atoms with Gasteiger partial charge in [0, 0.05) is 32.4 Å². The molecule has 1 saturated heterocycles. The average Bonchev–Trinajstić information content (AvgIpc) is 2.52. The van der Waals surface area contributed by atoms with E-state index in [0.29, 0.717) is 26.2 Å². The van der Waals surface area contributed by atoms with Gasteiger partial charge < -0.3 is 19.6 Å². The van der Waals surface area contributed by atoms with Crippen molar-refractivity contribution < 1.29 is 24.2 Å². The molecule has 130 valence electrons. The second kappa shape index (κ2) is 6.86. The van der Waals surface area contributed by atoms with Crippen LogP contribution in [0.25, 0.3) is 0 Å². The van der Waals surface area contributed by atoms with Gasteiger partial charge in [-0.25, -0.2) is 9.59 Å². The van der Waals surface area contributed by atoms with Crippen molar-refractivity contribution >= 4 is 18.0 Å². The number of carbonyl (C=O) groups excluding carboxylic acids is 2. The van der Waals surface area contributed by atoms with Crippen LogP contribution in [0.4, 0.5) is 4.79 Å². The molecule has 0 atom stereocenters. The summed E-state index contributed by atoms with van der Waals surface area (Å²) in [6, 6.07) is 2.82. The average molecular weight is 335 g/mol. The van der Waals surface area contributed by atoms with Gasteiger partial charge >= 0.3 is 12.1 Å². The monoisotopic (exact) mass is 335 g/mol. The molecular formula is C16H21N3O5. The molecule has 0 aliphatic carbocycles. The number of rotatable bonds is 2. The van der Waals surface area contributed by atoms with Crippen molar-refractivity contribution in [3.63, 3.8) is 0 Å². The Labute approximate surface area is 140 Å². The van der Waals surface area contributed by atoms with Crippen LogP contribution in [0.2, 0.25) is 0 Å². The van der Waals surface area contributed by atoms with Gasteiger partial charge in [0.05, 0.1) is 5.56 Å². The first-order valence-corrected chi connectivity index (χ1v) is 7.64. The molecule has 0 unspecified atom stereocenters. The molecule has 1 aromatic rings. The Kier molecular flexibility index (Phi) is 5.06. The van der Waals surface area contributed by atoms with E-state index in [1.54, 1.807) is 20.8 Å². The Morgan fingerprint density at radius 3 is 2.25 bits per heavy atom. The lowest BCUT2D eigenvalue weighted by Crippen LogP contribution is -2.51. The van der Waals surface area contributed by atoms with E-state index in [9.17, 15) is 14.4 Å². The SMILES string of the molecule is CC(C)(C)OC(=O)N1CCN(C(=O)c2ncccc2C(=O)O)CC1. The Hall–Kier alpha value is -2.64. The predicted molar refractivity (Wildman–Crippen MR) is 84.9 cm³/mol. The maximum absolute atomic E-state index is 12.5. The maximum Gasteiger partial charge on any atom is 0.410 e. The summed E-state index contributed by atoms with van der Waals surface area (Å²) >= 11 is 0. The van der Waals surface area contributed by atoms with Gasteiger partial charge in [-0.05, 0) is 32.9 Å². The van der Waals surface area contributed by atoms with Crippen molar-refractivity contribution in [1.82, 2.24) is 14.8 Å². The first kappa shape index (κ1) is 17.7. The fourth-order valence-corrected chi connectivity index (χ4v) is 2.32. The number of hydrogen-bond acceptors (Lipinski definition) is 5. The number of aromatic nitrogens is 1. The van der Waals surface area contributed by atoms with Crippen LogP contribution in [0.5, 0.6) is 0 Å². The number of carboxylic acid groups (broad SMARTS) is 1. The zero-order chi connectivity index (χ0) is 17.9. The molecule has 24 heavy (non-hydrogen) atoms. The molecule has 1 aromatic heterocycles. The lowest BCUT2D eigenvalue weighted by Gasteiger charge is -2.35. The van der Waals surface area contributed by atoms with E-state index in [0.717, 1.165) is 0 Å². The summed E-state index contributed by atoms with van der Waals surface area (Å²) in [5, 5.41) is 9.16. The molecule has 1 aliphatic rings. The Balaban J connectivity index is 2.01. The topological polar surface area (TPSA) is 100 Å².